The third kappa shape index (κ3) is 5.33. The molecule has 0 spiro atoms. The summed E-state index contributed by atoms with van der Waals surface area (Å²) in [6.07, 6.45) is 1.10. The summed E-state index contributed by atoms with van der Waals surface area (Å²) in [5.41, 5.74) is 7.46. The maximum atomic E-state index is 11.7. The van der Waals surface area contributed by atoms with Crippen LogP contribution in [0.2, 0.25) is 0 Å². The van der Waals surface area contributed by atoms with Crippen molar-refractivity contribution in [2.24, 2.45) is 5.73 Å². The summed E-state index contributed by atoms with van der Waals surface area (Å²) in [4.78, 5) is 11.7. The standard InChI is InChI=1S/C13H19BrN2O/c1-9-4-5-10(14)11(8-9)16-12(17)6-7-13(2,3)15/h4-5,8H,6-7,15H2,1-3H3,(H,16,17). The molecule has 0 aliphatic carbocycles. The predicted molar refractivity (Wildman–Crippen MR) is 75.0 cm³/mol. The highest BCUT2D eigenvalue weighted by molar-refractivity contribution is 9.10. The zero-order chi connectivity index (χ0) is 13.1. The minimum absolute atomic E-state index is 0.00479. The smallest absolute Gasteiger partial charge is 0.224 e. The van der Waals surface area contributed by atoms with Gasteiger partial charge in [-0.3, -0.25) is 4.79 Å². The highest BCUT2D eigenvalue weighted by atomic mass is 79.9. The van der Waals surface area contributed by atoms with E-state index in [1.165, 1.54) is 0 Å². The molecule has 0 bridgehead atoms. The molecule has 0 unspecified atom stereocenters. The number of amides is 1. The minimum Gasteiger partial charge on any atom is -0.326 e. The van der Waals surface area contributed by atoms with Crippen molar-refractivity contribution < 1.29 is 4.79 Å². The van der Waals surface area contributed by atoms with Crippen molar-refractivity contribution in [2.75, 3.05) is 5.32 Å². The number of carbonyl (C=O) groups excluding carboxylic acids is 1. The van der Waals surface area contributed by atoms with Crippen molar-refractivity contribution in [3.63, 3.8) is 0 Å². The van der Waals surface area contributed by atoms with Crippen molar-refractivity contribution in [1.82, 2.24) is 0 Å². The lowest BCUT2D eigenvalue weighted by atomic mass is 10.00. The van der Waals surface area contributed by atoms with Crippen LogP contribution in [-0.2, 0) is 4.79 Å². The SMILES string of the molecule is Cc1ccc(Br)c(NC(=O)CCC(C)(C)N)c1. The minimum atomic E-state index is -0.304. The quantitative estimate of drug-likeness (QED) is 0.897. The Bertz CT molecular complexity index is 410. The Hall–Kier alpha value is -0.870. The number of nitrogens with one attached hydrogen (secondary N) is 1. The lowest BCUT2D eigenvalue weighted by Crippen LogP contribution is -2.33. The van der Waals surface area contributed by atoms with E-state index in [0.29, 0.717) is 12.8 Å². The van der Waals surface area contributed by atoms with Gasteiger partial charge in [0.05, 0.1) is 5.69 Å². The molecule has 1 aromatic rings. The Morgan fingerprint density at radius 3 is 2.71 bits per heavy atom. The van der Waals surface area contributed by atoms with Crippen LogP contribution >= 0.6 is 15.9 Å². The largest absolute Gasteiger partial charge is 0.326 e. The molecular formula is C13H19BrN2O. The Morgan fingerprint density at radius 2 is 2.12 bits per heavy atom. The molecule has 0 radical (unpaired) electrons. The summed E-state index contributed by atoms with van der Waals surface area (Å²) < 4.78 is 0.892. The molecule has 0 fully saturated rings. The molecule has 0 aliphatic rings. The fraction of sp³-hybridized carbons (Fsp3) is 0.462. The van der Waals surface area contributed by atoms with Gasteiger partial charge in [0.25, 0.3) is 0 Å². The van der Waals surface area contributed by atoms with Gasteiger partial charge in [-0.25, -0.2) is 0 Å². The average molecular weight is 299 g/mol. The van der Waals surface area contributed by atoms with Crippen molar-refractivity contribution in [1.29, 1.82) is 0 Å². The van der Waals surface area contributed by atoms with Gasteiger partial charge in [-0.05, 0) is 60.8 Å². The zero-order valence-electron chi connectivity index (χ0n) is 10.5. The highest BCUT2D eigenvalue weighted by Gasteiger charge is 2.13. The second-order valence-corrected chi connectivity index (χ2v) is 5.87. The summed E-state index contributed by atoms with van der Waals surface area (Å²) >= 11 is 3.41. The topological polar surface area (TPSA) is 55.1 Å². The van der Waals surface area contributed by atoms with Gasteiger partial charge in [0, 0.05) is 16.4 Å². The van der Waals surface area contributed by atoms with Gasteiger partial charge in [-0.15, -0.1) is 0 Å². The van der Waals surface area contributed by atoms with E-state index in [9.17, 15) is 4.79 Å². The molecule has 3 nitrogen and oxygen atoms in total. The molecule has 0 aromatic heterocycles. The molecule has 0 saturated carbocycles. The van der Waals surface area contributed by atoms with E-state index >= 15 is 0 Å². The van der Waals surface area contributed by atoms with Gasteiger partial charge in [-0.1, -0.05) is 6.07 Å². The van der Waals surface area contributed by atoms with Gasteiger partial charge in [0.15, 0.2) is 0 Å². The summed E-state index contributed by atoms with van der Waals surface area (Å²) in [6, 6.07) is 5.86. The van der Waals surface area contributed by atoms with Crippen LogP contribution in [0.4, 0.5) is 5.69 Å². The molecule has 1 rings (SSSR count). The van der Waals surface area contributed by atoms with Gasteiger partial charge in [-0.2, -0.15) is 0 Å². The maximum Gasteiger partial charge on any atom is 0.224 e. The first-order valence-electron chi connectivity index (χ1n) is 5.63. The van der Waals surface area contributed by atoms with E-state index in [4.69, 9.17) is 5.73 Å². The van der Waals surface area contributed by atoms with E-state index in [1.807, 2.05) is 39.0 Å². The lowest BCUT2D eigenvalue weighted by Gasteiger charge is -2.17. The predicted octanol–water partition coefficient (Wildman–Crippen LogP) is 3.21. The summed E-state index contributed by atoms with van der Waals surface area (Å²) in [7, 11) is 0. The summed E-state index contributed by atoms with van der Waals surface area (Å²) in [5, 5.41) is 2.88. The number of nitrogens with two attached hydrogens (primary N) is 1. The van der Waals surface area contributed by atoms with Crippen LogP contribution in [0.1, 0.15) is 32.3 Å². The van der Waals surface area contributed by atoms with E-state index in [-0.39, 0.29) is 11.4 Å². The number of anilines is 1. The van der Waals surface area contributed by atoms with Crippen LogP contribution in [0, 0.1) is 6.92 Å². The monoisotopic (exact) mass is 298 g/mol. The summed E-state index contributed by atoms with van der Waals surface area (Å²) in [5.74, 6) is -0.00479. The Balaban J connectivity index is 2.59. The number of carbonyl (C=O) groups is 1. The lowest BCUT2D eigenvalue weighted by molar-refractivity contribution is -0.116. The van der Waals surface area contributed by atoms with E-state index in [2.05, 4.69) is 21.2 Å². The van der Waals surface area contributed by atoms with Crippen molar-refractivity contribution >= 4 is 27.5 Å². The average Bonchev–Trinajstić information content (AvgIpc) is 2.20. The first kappa shape index (κ1) is 14.2. The van der Waals surface area contributed by atoms with Crippen LogP contribution in [0.3, 0.4) is 0 Å². The van der Waals surface area contributed by atoms with E-state index in [1.54, 1.807) is 0 Å². The molecule has 17 heavy (non-hydrogen) atoms. The Labute approximate surface area is 111 Å². The number of hydrogen-bond donors (Lipinski definition) is 2. The van der Waals surface area contributed by atoms with Crippen molar-refractivity contribution in [3.8, 4) is 0 Å². The molecular weight excluding hydrogens is 280 g/mol. The van der Waals surface area contributed by atoms with Crippen LogP contribution < -0.4 is 11.1 Å². The Kier molecular flexibility index (Phi) is 4.71. The maximum absolute atomic E-state index is 11.7. The number of benzene rings is 1. The van der Waals surface area contributed by atoms with E-state index < -0.39 is 0 Å². The van der Waals surface area contributed by atoms with Gasteiger partial charge >= 0.3 is 0 Å². The normalized spacial score (nSPS) is 11.4. The van der Waals surface area contributed by atoms with Crippen LogP contribution in [0.25, 0.3) is 0 Å². The van der Waals surface area contributed by atoms with Crippen LogP contribution in [-0.4, -0.2) is 11.4 Å². The third-order valence-electron chi connectivity index (χ3n) is 2.39. The molecule has 1 amide bonds. The van der Waals surface area contributed by atoms with Crippen LogP contribution in [0.15, 0.2) is 22.7 Å². The Morgan fingerprint density at radius 1 is 1.47 bits per heavy atom. The molecule has 4 heteroatoms. The van der Waals surface area contributed by atoms with Gasteiger partial charge in [0.2, 0.25) is 5.91 Å². The molecule has 3 N–H and O–H groups in total. The van der Waals surface area contributed by atoms with Gasteiger partial charge < -0.3 is 11.1 Å². The summed E-state index contributed by atoms with van der Waals surface area (Å²) in [6.45, 7) is 5.83. The molecule has 94 valence electrons. The first-order chi connectivity index (χ1) is 7.78. The highest BCUT2D eigenvalue weighted by Crippen LogP contribution is 2.23. The number of aryl methyl sites for hydroxylation is 1. The number of rotatable bonds is 4. The molecule has 0 heterocycles. The molecule has 1 aromatic carbocycles. The molecule has 0 atom stereocenters. The van der Waals surface area contributed by atoms with Gasteiger partial charge in [0.1, 0.15) is 0 Å². The third-order valence-corrected chi connectivity index (χ3v) is 3.08. The number of halogens is 1. The van der Waals surface area contributed by atoms with Crippen molar-refractivity contribution in [2.45, 2.75) is 39.2 Å². The second kappa shape index (κ2) is 5.65. The van der Waals surface area contributed by atoms with Crippen LogP contribution in [0.5, 0.6) is 0 Å². The molecule has 0 aliphatic heterocycles. The second-order valence-electron chi connectivity index (χ2n) is 5.02. The van der Waals surface area contributed by atoms with Crippen molar-refractivity contribution in [3.05, 3.63) is 28.2 Å². The molecule has 0 saturated heterocycles. The zero-order valence-corrected chi connectivity index (χ0v) is 12.1. The fourth-order valence-electron chi connectivity index (χ4n) is 1.38. The fourth-order valence-corrected chi connectivity index (χ4v) is 1.73. The van der Waals surface area contributed by atoms with E-state index in [0.717, 1.165) is 15.7 Å². The number of hydrogen-bond acceptors (Lipinski definition) is 2. The first-order valence-corrected chi connectivity index (χ1v) is 6.42.